The van der Waals surface area contributed by atoms with Gasteiger partial charge < -0.3 is 15.4 Å². The van der Waals surface area contributed by atoms with Crippen molar-refractivity contribution in [2.75, 3.05) is 25.6 Å². The van der Waals surface area contributed by atoms with Gasteiger partial charge in [0.25, 0.3) is 5.91 Å². The molecule has 0 fully saturated rings. The number of amides is 1. The number of anilines is 1. The second-order valence-electron chi connectivity index (χ2n) is 5.41. The lowest BCUT2D eigenvalue weighted by Crippen LogP contribution is -2.40. The van der Waals surface area contributed by atoms with Gasteiger partial charge in [0, 0.05) is 37.7 Å². The van der Waals surface area contributed by atoms with Crippen LogP contribution in [0.3, 0.4) is 0 Å². The Morgan fingerprint density at radius 2 is 2.16 bits per heavy atom. The Labute approximate surface area is 114 Å². The molecule has 1 aromatic heterocycles. The van der Waals surface area contributed by atoms with Crippen molar-refractivity contribution < 1.29 is 9.53 Å². The maximum Gasteiger partial charge on any atom is 0.270 e. The molecule has 0 radical (unpaired) electrons. The predicted molar refractivity (Wildman–Crippen MR) is 76.4 cm³/mol. The van der Waals surface area contributed by atoms with Gasteiger partial charge in [-0.15, -0.1) is 0 Å². The fourth-order valence-electron chi connectivity index (χ4n) is 1.52. The molecule has 1 heterocycles. The van der Waals surface area contributed by atoms with Gasteiger partial charge in [-0.3, -0.25) is 9.78 Å². The molecule has 106 valence electrons. The van der Waals surface area contributed by atoms with Crippen LogP contribution in [0.5, 0.6) is 0 Å². The molecule has 1 rings (SSSR count). The average Bonchev–Trinajstić information content (AvgIpc) is 2.33. The number of ether oxygens (including phenoxy) is 1. The highest BCUT2D eigenvalue weighted by molar-refractivity contribution is 5.93. The zero-order valence-electron chi connectivity index (χ0n) is 12.1. The summed E-state index contributed by atoms with van der Waals surface area (Å²) in [7, 11) is 1.68. The Balaban J connectivity index is 2.58. The van der Waals surface area contributed by atoms with E-state index in [4.69, 9.17) is 4.74 Å². The van der Waals surface area contributed by atoms with Gasteiger partial charge in [0.05, 0.1) is 0 Å². The van der Waals surface area contributed by atoms with Crippen LogP contribution in [-0.4, -0.2) is 36.7 Å². The second-order valence-corrected chi connectivity index (χ2v) is 5.41. The molecule has 0 saturated carbocycles. The van der Waals surface area contributed by atoms with E-state index in [-0.39, 0.29) is 11.4 Å². The lowest BCUT2D eigenvalue weighted by molar-refractivity contribution is 0.0914. The second kappa shape index (κ2) is 7.09. The van der Waals surface area contributed by atoms with Crippen LogP contribution in [0.4, 0.5) is 5.69 Å². The Kier molecular flexibility index (Phi) is 5.76. The number of nitrogens with one attached hydrogen (secondary N) is 2. The van der Waals surface area contributed by atoms with Gasteiger partial charge in [-0.05, 0) is 39.3 Å². The Morgan fingerprint density at radius 3 is 2.79 bits per heavy atom. The summed E-state index contributed by atoms with van der Waals surface area (Å²) in [4.78, 5) is 16.1. The highest BCUT2D eigenvalue weighted by Crippen LogP contribution is 2.09. The van der Waals surface area contributed by atoms with Gasteiger partial charge in [-0.1, -0.05) is 0 Å². The van der Waals surface area contributed by atoms with Crippen molar-refractivity contribution in [3.05, 3.63) is 24.0 Å². The van der Waals surface area contributed by atoms with Crippen molar-refractivity contribution in [3.63, 3.8) is 0 Å². The third-order valence-electron chi connectivity index (χ3n) is 2.34. The van der Waals surface area contributed by atoms with Crippen LogP contribution in [0.2, 0.25) is 0 Å². The van der Waals surface area contributed by atoms with E-state index in [2.05, 4.69) is 15.6 Å². The van der Waals surface area contributed by atoms with E-state index in [1.54, 1.807) is 19.4 Å². The first-order valence-corrected chi connectivity index (χ1v) is 6.44. The van der Waals surface area contributed by atoms with Crippen LogP contribution in [0, 0.1) is 0 Å². The molecule has 0 aliphatic rings. The largest absolute Gasteiger partial charge is 0.385 e. The molecule has 0 aliphatic carbocycles. The van der Waals surface area contributed by atoms with Crippen LogP contribution in [0.15, 0.2) is 18.3 Å². The molecule has 1 aromatic rings. The molecule has 2 N–H and O–H groups in total. The van der Waals surface area contributed by atoms with Crippen LogP contribution in [0.25, 0.3) is 0 Å². The normalized spacial score (nSPS) is 11.2. The van der Waals surface area contributed by atoms with Crippen LogP contribution < -0.4 is 10.6 Å². The Hall–Kier alpha value is -1.62. The van der Waals surface area contributed by atoms with E-state index in [9.17, 15) is 4.79 Å². The molecular formula is C14H23N3O2. The smallest absolute Gasteiger partial charge is 0.270 e. The number of methoxy groups -OCH3 is 1. The van der Waals surface area contributed by atoms with E-state index in [1.165, 1.54) is 0 Å². The Bertz CT molecular complexity index is 413. The molecule has 1 amide bonds. The van der Waals surface area contributed by atoms with Crippen molar-refractivity contribution in [1.29, 1.82) is 0 Å². The number of carbonyl (C=O) groups excluding carboxylic acids is 1. The number of aromatic nitrogens is 1. The number of pyridine rings is 1. The number of rotatable bonds is 6. The topological polar surface area (TPSA) is 63.2 Å². The summed E-state index contributed by atoms with van der Waals surface area (Å²) in [5.74, 6) is -0.159. The third kappa shape index (κ3) is 6.20. The summed E-state index contributed by atoms with van der Waals surface area (Å²) < 4.78 is 4.98. The molecule has 0 unspecified atom stereocenters. The molecule has 5 heteroatoms. The first-order chi connectivity index (χ1) is 8.92. The van der Waals surface area contributed by atoms with E-state index < -0.39 is 0 Å². The molecule has 0 spiro atoms. The molecule has 5 nitrogen and oxygen atoms in total. The summed E-state index contributed by atoms with van der Waals surface area (Å²) >= 11 is 0. The minimum atomic E-state index is -0.263. The van der Waals surface area contributed by atoms with Gasteiger partial charge in [0.15, 0.2) is 0 Å². The molecule has 19 heavy (non-hydrogen) atoms. The SMILES string of the molecule is COCCCNc1ccnc(C(=O)NC(C)(C)C)c1. The van der Waals surface area contributed by atoms with E-state index in [0.717, 1.165) is 25.3 Å². The lowest BCUT2D eigenvalue weighted by Gasteiger charge is -2.20. The highest BCUT2D eigenvalue weighted by atomic mass is 16.5. The van der Waals surface area contributed by atoms with Crippen molar-refractivity contribution >= 4 is 11.6 Å². The molecule has 0 atom stereocenters. The maximum atomic E-state index is 12.0. The van der Waals surface area contributed by atoms with E-state index >= 15 is 0 Å². The first kappa shape index (κ1) is 15.4. The van der Waals surface area contributed by atoms with Crippen molar-refractivity contribution in [2.45, 2.75) is 32.7 Å². The van der Waals surface area contributed by atoms with Crippen LogP contribution >= 0.6 is 0 Å². The summed E-state index contributed by atoms with van der Waals surface area (Å²) in [6.07, 6.45) is 2.55. The minimum absolute atomic E-state index is 0.159. The average molecular weight is 265 g/mol. The lowest BCUT2D eigenvalue weighted by atomic mass is 10.1. The zero-order valence-corrected chi connectivity index (χ0v) is 12.1. The summed E-state index contributed by atoms with van der Waals surface area (Å²) in [6, 6.07) is 3.61. The third-order valence-corrected chi connectivity index (χ3v) is 2.34. The van der Waals surface area contributed by atoms with Crippen LogP contribution in [0.1, 0.15) is 37.7 Å². The molecule has 0 aromatic carbocycles. The summed E-state index contributed by atoms with van der Waals surface area (Å²) in [6.45, 7) is 7.35. The first-order valence-electron chi connectivity index (χ1n) is 6.44. The summed E-state index contributed by atoms with van der Waals surface area (Å²) in [5.41, 5.74) is 1.05. The number of nitrogens with zero attached hydrogens (tertiary/aromatic N) is 1. The number of carbonyl (C=O) groups is 1. The highest BCUT2D eigenvalue weighted by Gasteiger charge is 2.16. The monoisotopic (exact) mass is 265 g/mol. The van der Waals surface area contributed by atoms with Gasteiger partial charge in [0.1, 0.15) is 5.69 Å². The van der Waals surface area contributed by atoms with E-state index in [1.807, 2.05) is 26.8 Å². The standard InChI is InChI=1S/C14H23N3O2/c1-14(2,3)17-13(18)12-10-11(6-8-16-12)15-7-5-9-19-4/h6,8,10H,5,7,9H2,1-4H3,(H,15,16)(H,17,18). The fraction of sp³-hybridized carbons (Fsp3) is 0.571. The van der Waals surface area contributed by atoms with E-state index in [0.29, 0.717) is 5.69 Å². The van der Waals surface area contributed by atoms with Crippen molar-refractivity contribution in [3.8, 4) is 0 Å². The van der Waals surface area contributed by atoms with Crippen LogP contribution in [-0.2, 0) is 4.74 Å². The van der Waals surface area contributed by atoms with Gasteiger partial charge in [-0.2, -0.15) is 0 Å². The van der Waals surface area contributed by atoms with Gasteiger partial charge in [0.2, 0.25) is 0 Å². The molecule has 0 saturated heterocycles. The number of hydrogen-bond donors (Lipinski definition) is 2. The van der Waals surface area contributed by atoms with Gasteiger partial charge in [-0.25, -0.2) is 0 Å². The molecular weight excluding hydrogens is 242 g/mol. The maximum absolute atomic E-state index is 12.0. The van der Waals surface area contributed by atoms with Crippen molar-refractivity contribution in [1.82, 2.24) is 10.3 Å². The van der Waals surface area contributed by atoms with Crippen molar-refractivity contribution in [2.24, 2.45) is 0 Å². The minimum Gasteiger partial charge on any atom is -0.385 e. The fourth-order valence-corrected chi connectivity index (χ4v) is 1.52. The zero-order chi connectivity index (χ0) is 14.3. The molecule has 0 bridgehead atoms. The quantitative estimate of drug-likeness (QED) is 0.773. The number of hydrogen-bond acceptors (Lipinski definition) is 4. The van der Waals surface area contributed by atoms with Gasteiger partial charge >= 0.3 is 0 Å². The predicted octanol–water partition coefficient (Wildman–Crippen LogP) is 2.06. The Morgan fingerprint density at radius 1 is 1.42 bits per heavy atom. The molecule has 0 aliphatic heterocycles. The summed E-state index contributed by atoms with van der Waals surface area (Å²) in [5, 5.41) is 6.13.